The Labute approximate surface area is 147 Å². The van der Waals surface area contributed by atoms with Gasteiger partial charge in [-0.3, -0.25) is 9.59 Å². The molecule has 0 aliphatic carbocycles. The molecule has 0 unspecified atom stereocenters. The Morgan fingerprint density at radius 2 is 1.88 bits per heavy atom. The number of hydrogen-bond donors (Lipinski definition) is 1. The Morgan fingerprint density at radius 3 is 2.54 bits per heavy atom. The monoisotopic (exact) mass is 387 g/mol. The van der Waals surface area contributed by atoms with Gasteiger partial charge in [0.2, 0.25) is 5.91 Å². The van der Waals surface area contributed by atoms with Crippen LogP contribution >= 0.6 is 15.9 Å². The molecule has 2 aromatic carbocycles. The van der Waals surface area contributed by atoms with Gasteiger partial charge >= 0.3 is 0 Å². The van der Waals surface area contributed by atoms with Crippen molar-refractivity contribution in [2.24, 2.45) is 0 Å². The molecule has 0 spiro atoms. The predicted octanol–water partition coefficient (Wildman–Crippen LogP) is 3.51. The molecule has 1 aliphatic rings. The standard InChI is InChI=1S/C18H14BrNO4/c1-24-16-9-11(2-7-15(16)21)8-12-10-17(22)20(18(12)23)14-5-3-13(19)4-6-14/h2-9,21H,10H2,1H3. The third-order valence-electron chi connectivity index (χ3n) is 3.70. The van der Waals surface area contributed by atoms with Gasteiger partial charge in [0.15, 0.2) is 11.5 Å². The molecule has 2 amide bonds. The van der Waals surface area contributed by atoms with Gasteiger partial charge in [-0.2, -0.15) is 0 Å². The average molecular weight is 388 g/mol. The number of rotatable bonds is 3. The maximum Gasteiger partial charge on any atom is 0.261 e. The molecule has 1 heterocycles. The van der Waals surface area contributed by atoms with Gasteiger partial charge in [0.05, 0.1) is 19.2 Å². The Bertz CT molecular complexity index is 843. The summed E-state index contributed by atoms with van der Waals surface area (Å²) in [7, 11) is 1.45. The minimum atomic E-state index is -0.339. The summed E-state index contributed by atoms with van der Waals surface area (Å²) in [6, 6.07) is 11.7. The zero-order valence-electron chi connectivity index (χ0n) is 12.8. The van der Waals surface area contributed by atoms with Gasteiger partial charge in [0.1, 0.15) is 0 Å². The molecule has 3 rings (SSSR count). The Balaban J connectivity index is 1.92. The number of hydrogen-bond acceptors (Lipinski definition) is 4. The molecule has 0 radical (unpaired) electrons. The predicted molar refractivity (Wildman–Crippen MR) is 93.9 cm³/mol. The van der Waals surface area contributed by atoms with Gasteiger partial charge in [-0.05, 0) is 48.0 Å². The number of benzene rings is 2. The van der Waals surface area contributed by atoms with E-state index in [-0.39, 0.29) is 24.0 Å². The average Bonchev–Trinajstić information content (AvgIpc) is 2.84. The number of anilines is 1. The number of phenolic OH excluding ortho intramolecular Hbond substituents is 1. The van der Waals surface area contributed by atoms with Gasteiger partial charge in [0.25, 0.3) is 5.91 Å². The fourth-order valence-electron chi connectivity index (χ4n) is 2.52. The highest BCUT2D eigenvalue weighted by molar-refractivity contribution is 9.10. The zero-order valence-corrected chi connectivity index (χ0v) is 14.4. The molecule has 0 aromatic heterocycles. The van der Waals surface area contributed by atoms with E-state index in [1.54, 1.807) is 42.5 Å². The fourth-order valence-corrected chi connectivity index (χ4v) is 2.79. The molecule has 1 N–H and O–H groups in total. The van der Waals surface area contributed by atoms with Crippen molar-refractivity contribution in [2.45, 2.75) is 6.42 Å². The topological polar surface area (TPSA) is 66.8 Å². The maximum atomic E-state index is 12.6. The fraction of sp³-hybridized carbons (Fsp3) is 0.111. The van der Waals surface area contributed by atoms with E-state index in [0.29, 0.717) is 22.6 Å². The smallest absolute Gasteiger partial charge is 0.261 e. The molecule has 24 heavy (non-hydrogen) atoms. The highest BCUT2D eigenvalue weighted by Crippen LogP contribution is 2.31. The second-order valence-electron chi connectivity index (χ2n) is 5.29. The summed E-state index contributed by atoms with van der Waals surface area (Å²) >= 11 is 3.33. The van der Waals surface area contributed by atoms with E-state index in [4.69, 9.17) is 4.74 Å². The number of aromatic hydroxyl groups is 1. The molecule has 5 nitrogen and oxygen atoms in total. The number of carbonyl (C=O) groups excluding carboxylic acids is 2. The maximum absolute atomic E-state index is 12.6. The van der Waals surface area contributed by atoms with Crippen LogP contribution < -0.4 is 9.64 Å². The first-order valence-electron chi connectivity index (χ1n) is 7.20. The molecular weight excluding hydrogens is 374 g/mol. The number of methoxy groups -OCH3 is 1. The van der Waals surface area contributed by atoms with Gasteiger partial charge in [-0.1, -0.05) is 22.0 Å². The molecule has 0 bridgehead atoms. The van der Waals surface area contributed by atoms with Crippen molar-refractivity contribution >= 4 is 39.5 Å². The van der Waals surface area contributed by atoms with E-state index >= 15 is 0 Å². The van der Waals surface area contributed by atoms with Gasteiger partial charge in [-0.15, -0.1) is 0 Å². The third-order valence-corrected chi connectivity index (χ3v) is 4.23. The molecule has 1 aliphatic heterocycles. The lowest BCUT2D eigenvalue weighted by atomic mass is 10.1. The second-order valence-corrected chi connectivity index (χ2v) is 6.20. The number of phenols is 1. The summed E-state index contributed by atoms with van der Waals surface area (Å²) in [6.45, 7) is 0. The number of nitrogens with zero attached hydrogens (tertiary/aromatic N) is 1. The van der Waals surface area contributed by atoms with E-state index in [2.05, 4.69) is 15.9 Å². The highest BCUT2D eigenvalue weighted by Gasteiger charge is 2.34. The van der Waals surface area contributed by atoms with E-state index in [0.717, 1.165) is 4.47 Å². The first kappa shape index (κ1) is 16.3. The lowest BCUT2D eigenvalue weighted by Crippen LogP contribution is -2.28. The molecule has 6 heteroatoms. The zero-order chi connectivity index (χ0) is 17.3. The summed E-state index contributed by atoms with van der Waals surface area (Å²) in [4.78, 5) is 26.0. The van der Waals surface area contributed by atoms with Crippen molar-refractivity contribution in [1.82, 2.24) is 0 Å². The largest absolute Gasteiger partial charge is 0.504 e. The van der Waals surface area contributed by atoms with Crippen molar-refractivity contribution in [1.29, 1.82) is 0 Å². The SMILES string of the molecule is COc1cc(C=C2CC(=O)N(c3ccc(Br)cc3)C2=O)ccc1O. The van der Waals surface area contributed by atoms with Crippen LogP contribution in [0.2, 0.25) is 0 Å². The van der Waals surface area contributed by atoms with E-state index < -0.39 is 0 Å². The first-order chi connectivity index (χ1) is 11.5. The molecule has 1 saturated heterocycles. The second kappa shape index (κ2) is 6.49. The van der Waals surface area contributed by atoms with Gasteiger partial charge in [0, 0.05) is 10.0 Å². The van der Waals surface area contributed by atoms with Crippen LogP contribution in [0.3, 0.4) is 0 Å². The van der Waals surface area contributed by atoms with Crippen molar-refractivity contribution in [3.05, 3.63) is 58.1 Å². The summed E-state index contributed by atoms with van der Waals surface area (Å²) in [6.07, 6.45) is 1.68. The van der Waals surface area contributed by atoms with E-state index in [1.807, 2.05) is 0 Å². The number of ether oxygens (including phenoxy) is 1. The Morgan fingerprint density at radius 1 is 1.17 bits per heavy atom. The normalized spacial score (nSPS) is 16.1. The van der Waals surface area contributed by atoms with Crippen molar-refractivity contribution < 1.29 is 19.4 Å². The summed E-state index contributed by atoms with van der Waals surface area (Å²) in [5.74, 6) is -0.274. The van der Waals surface area contributed by atoms with Gasteiger partial charge < -0.3 is 9.84 Å². The van der Waals surface area contributed by atoms with Crippen LogP contribution in [-0.2, 0) is 9.59 Å². The molecule has 1 fully saturated rings. The van der Waals surface area contributed by atoms with Crippen molar-refractivity contribution in [2.75, 3.05) is 12.0 Å². The quantitative estimate of drug-likeness (QED) is 0.646. The Kier molecular flexibility index (Phi) is 4.40. The highest BCUT2D eigenvalue weighted by atomic mass is 79.9. The molecule has 122 valence electrons. The molecular formula is C18H14BrNO4. The first-order valence-corrected chi connectivity index (χ1v) is 7.99. The third kappa shape index (κ3) is 3.05. The summed E-state index contributed by atoms with van der Waals surface area (Å²) < 4.78 is 5.93. The number of carbonyl (C=O) groups is 2. The van der Waals surface area contributed by atoms with E-state index in [9.17, 15) is 14.7 Å². The van der Waals surface area contributed by atoms with Crippen LogP contribution in [0.25, 0.3) is 6.08 Å². The summed E-state index contributed by atoms with van der Waals surface area (Å²) in [5, 5.41) is 9.62. The lowest BCUT2D eigenvalue weighted by Gasteiger charge is -2.13. The van der Waals surface area contributed by atoms with Crippen LogP contribution in [0, 0.1) is 0 Å². The molecule has 2 aromatic rings. The van der Waals surface area contributed by atoms with Crippen LogP contribution in [0.5, 0.6) is 11.5 Å². The molecule has 0 saturated carbocycles. The van der Waals surface area contributed by atoms with Crippen LogP contribution in [0.15, 0.2) is 52.5 Å². The number of amides is 2. The van der Waals surface area contributed by atoms with E-state index in [1.165, 1.54) is 18.1 Å². The van der Waals surface area contributed by atoms with Crippen molar-refractivity contribution in [3.8, 4) is 11.5 Å². The van der Waals surface area contributed by atoms with Crippen molar-refractivity contribution in [3.63, 3.8) is 0 Å². The number of imide groups is 1. The Hall–Kier alpha value is -2.60. The summed E-state index contributed by atoms with van der Waals surface area (Å²) in [5.41, 5.74) is 1.62. The van der Waals surface area contributed by atoms with Crippen LogP contribution in [0.1, 0.15) is 12.0 Å². The number of halogens is 1. The minimum Gasteiger partial charge on any atom is -0.504 e. The lowest BCUT2D eigenvalue weighted by molar-refractivity contribution is -0.120. The van der Waals surface area contributed by atoms with Gasteiger partial charge in [-0.25, -0.2) is 4.90 Å². The minimum absolute atomic E-state index is 0.0185. The van der Waals surface area contributed by atoms with Crippen LogP contribution in [-0.4, -0.2) is 24.0 Å². The molecule has 0 atom stereocenters. The van der Waals surface area contributed by atoms with Crippen LogP contribution in [0.4, 0.5) is 5.69 Å².